The number of nitrogens with zero attached hydrogens (tertiary/aromatic N) is 3. The predicted molar refractivity (Wildman–Crippen MR) is 66.6 cm³/mol. The standard InChI is InChI=1S/C11H16N6/c1-8-5-9(12)11(14-6-8)13-4-2-3-10-15-7-16-17-10/h5-7H,2-4,12H2,1H3,(H,13,14)(H,15,16,17). The molecule has 0 fully saturated rings. The van der Waals surface area contributed by atoms with Crippen LogP contribution in [0.3, 0.4) is 0 Å². The Morgan fingerprint density at radius 3 is 3.00 bits per heavy atom. The number of pyridine rings is 1. The Bertz CT molecular complexity index is 465. The van der Waals surface area contributed by atoms with E-state index in [4.69, 9.17) is 5.73 Å². The van der Waals surface area contributed by atoms with Crippen LogP contribution < -0.4 is 11.1 Å². The number of rotatable bonds is 5. The number of hydrogen-bond acceptors (Lipinski definition) is 5. The molecule has 0 aliphatic carbocycles. The number of aromatic amines is 1. The zero-order chi connectivity index (χ0) is 12.1. The molecular weight excluding hydrogens is 216 g/mol. The lowest BCUT2D eigenvalue weighted by atomic mass is 10.2. The number of H-pyrrole nitrogens is 1. The molecule has 0 unspecified atom stereocenters. The van der Waals surface area contributed by atoms with Gasteiger partial charge in [0.05, 0.1) is 5.69 Å². The molecule has 0 atom stereocenters. The minimum absolute atomic E-state index is 0.685. The van der Waals surface area contributed by atoms with Crippen LogP contribution in [0.1, 0.15) is 17.8 Å². The van der Waals surface area contributed by atoms with Crippen molar-refractivity contribution >= 4 is 11.5 Å². The summed E-state index contributed by atoms with van der Waals surface area (Å²) in [5.74, 6) is 1.64. The van der Waals surface area contributed by atoms with Crippen molar-refractivity contribution in [2.75, 3.05) is 17.6 Å². The van der Waals surface area contributed by atoms with Crippen molar-refractivity contribution in [2.24, 2.45) is 0 Å². The lowest BCUT2D eigenvalue weighted by Gasteiger charge is -2.07. The fraction of sp³-hybridized carbons (Fsp3) is 0.364. The Labute approximate surface area is 99.7 Å². The number of hydrogen-bond donors (Lipinski definition) is 3. The van der Waals surface area contributed by atoms with Gasteiger partial charge in [0.2, 0.25) is 0 Å². The number of anilines is 2. The highest BCUT2D eigenvalue weighted by Crippen LogP contribution is 2.15. The van der Waals surface area contributed by atoms with Gasteiger partial charge in [0, 0.05) is 19.2 Å². The Morgan fingerprint density at radius 1 is 1.41 bits per heavy atom. The summed E-state index contributed by atoms with van der Waals surface area (Å²) in [6, 6.07) is 1.91. The summed E-state index contributed by atoms with van der Waals surface area (Å²) in [6.45, 7) is 2.78. The molecule has 0 spiro atoms. The van der Waals surface area contributed by atoms with Gasteiger partial charge in [0.25, 0.3) is 0 Å². The molecule has 6 nitrogen and oxygen atoms in total. The average molecular weight is 232 g/mol. The summed E-state index contributed by atoms with van der Waals surface area (Å²) >= 11 is 0. The lowest BCUT2D eigenvalue weighted by Crippen LogP contribution is -2.07. The van der Waals surface area contributed by atoms with Crippen LogP contribution in [-0.2, 0) is 6.42 Å². The quantitative estimate of drug-likeness (QED) is 0.672. The van der Waals surface area contributed by atoms with Crippen molar-refractivity contribution < 1.29 is 0 Å². The Kier molecular flexibility index (Phi) is 3.54. The van der Waals surface area contributed by atoms with Gasteiger partial charge in [-0.1, -0.05) is 0 Å². The average Bonchev–Trinajstić information content (AvgIpc) is 2.79. The molecule has 0 amide bonds. The minimum atomic E-state index is 0.685. The van der Waals surface area contributed by atoms with Gasteiger partial charge in [0.15, 0.2) is 0 Å². The highest BCUT2D eigenvalue weighted by atomic mass is 15.2. The summed E-state index contributed by atoms with van der Waals surface area (Å²) in [7, 11) is 0. The highest BCUT2D eigenvalue weighted by Gasteiger charge is 2.00. The normalized spacial score (nSPS) is 10.4. The van der Waals surface area contributed by atoms with Gasteiger partial charge in [-0.3, -0.25) is 5.10 Å². The van der Waals surface area contributed by atoms with Crippen LogP contribution in [0.2, 0.25) is 0 Å². The van der Waals surface area contributed by atoms with Crippen molar-refractivity contribution in [1.82, 2.24) is 20.2 Å². The second kappa shape index (κ2) is 5.29. The van der Waals surface area contributed by atoms with Crippen molar-refractivity contribution in [1.29, 1.82) is 0 Å². The number of nitrogen functional groups attached to an aromatic ring is 1. The first kappa shape index (κ1) is 11.4. The molecule has 0 bridgehead atoms. The Morgan fingerprint density at radius 2 is 2.29 bits per heavy atom. The molecule has 0 aliphatic heterocycles. The molecule has 2 aromatic heterocycles. The molecule has 90 valence electrons. The van der Waals surface area contributed by atoms with Crippen LogP contribution in [0.4, 0.5) is 11.5 Å². The van der Waals surface area contributed by atoms with E-state index in [1.165, 1.54) is 6.33 Å². The van der Waals surface area contributed by atoms with E-state index in [9.17, 15) is 0 Å². The molecule has 2 heterocycles. The van der Waals surface area contributed by atoms with Crippen LogP contribution in [0.25, 0.3) is 0 Å². The van der Waals surface area contributed by atoms with E-state index in [0.717, 1.165) is 36.6 Å². The number of nitrogens with two attached hydrogens (primary N) is 1. The first-order valence-corrected chi connectivity index (χ1v) is 5.56. The van der Waals surface area contributed by atoms with E-state index < -0.39 is 0 Å². The molecular formula is C11H16N6. The summed E-state index contributed by atoms with van der Waals surface area (Å²) < 4.78 is 0. The number of nitrogens with one attached hydrogen (secondary N) is 2. The molecule has 6 heteroatoms. The summed E-state index contributed by atoms with van der Waals surface area (Å²) in [5, 5.41) is 9.82. The van der Waals surface area contributed by atoms with Crippen molar-refractivity contribution in [3.8, 4) is 0 Å². The van der Waals surface area contributed by atoms with Crippen LogP contribution in [0, 0.1) is 6.92 Å². The molecule has 17 heavy (non-hydrogen) atoms. The van der Waals surface area contributed by atoms with Gasteiger partial charge >= 0.3 is 0 Å². The SMILES string of the molecule is Cc1cnc(NCCCc2ncn[nH]2)c(N)c1. The molecule has 0 saturated carbocycles. The van der Waals surface area contributed by atoms with Gasteiger partial charge in [-0.2, -0.15) is 5.10 Å². The molecule has 0 saturated heterocycles. The Hall–Kier alpha value is -2.11. The van der Waals surface area contributed by atoms with E-state index >= 15 is 0 Å². The second-order valence-electron chi connectivity index (χ2n) is 3.91. The number of aryl methyl sites for hydroxylation is 2. The zero-order valence-corrected chi connectivity index (χ0v) is 9.77. The lowest BCUT2D eigenvalue weighted by molar-refractivity contribution is 0.804. The molecule has 4 N–H and O–H groups in total. The maximum absolute atomic E-state index is 5.84. The topological polar surface area (TPSA) is 92.5 Å². The largest absolute Gasteiger partial charge is 0.396 e. The molecule has 2 aromatic rings. The van der Waals surface area contributed by atoms with E-state index in [0.29, 0.717) is 5.69 Å². The van der Waals surface area contributed by atoms with Gasteiger partial charge in [0.1, 0.15) is 18.0 Å². The van der Waals surface area contributed by atoms with Crippen molar-refractivity contribution in [3.63, 3.8) is 0 Å². The summed E-state index contributed by atoms with van der Waals surface area (Å²) in [4.78, 5) is 8.30. The second-order valence-corrected chi connectivity index (χ2v) is 3.91. The monoisotopic (exact) mass is 232 g/mol. The smallest absolute Gasteiger partial charge is 0.149 e. The predicted octanol–water partition coefficient (Wildman–Crippen LogP) is 1.14. The first-order chi connectivity index (χ1) is 8.25. The highest BCUT2D eigenvalue weighted by molar-refractivity contribution is 5.61. The van der Waals surface area contributed by atoms with E-state index in [1.807, 2.05) is 13.0 Å². The van der Waals surface area contributed by atoms with E-state index in [-0.39, 0.29) is 0 Å². The third-order valence-electron chi connectivity index (χ3n) is 2.40. The maximum atomic E-state index is 5.84. The van der Waals surface area contributed by atoms with Crippen LogP contribution >= 0.6 is 0 Å². The third-order valence-corrected chi connectivity index (χ3v) is 2.40. The van der Waals surface area contributed by atoms with Gasteiger partial charge in [-0.15, -0.1) is 0 Å². The fourth-order valence-corrected chi connectivity index (χ4v) is 1.55. The minimum Gasteiger partial charge on any atom is -0.396 e. The van der Waals surface area contributed by atoms with Gasteiger partial charge in [-0.05, 0) is 25.0 Å². The zero-order valence-electron chi connectivity index (χ0n) is 9.77. The first-order valence-electron chi connectivity index (χ1n) is 5.56. The van der Waals surface area contributed by atoms with E-state index in [1.54, 1.807) is 6.20 Å². The van der Waals surface area contributed by atoms with Crippen LogP contribution in [0.15, 0.2) is 18.6 Å². The summed E-state index contributed by atoms with van der Waals surface area (Å²) in [6.07, 6.45) is 5.13. The van der Waals surface area contributed by atoms with Crippen LogP contribution in [0.5, 0.6) is 0 Å². The Balaban J connectivity index is 1.78. The van der Waals surface area contributed by atoms with Gasteiger partial charge in [-0.25, -0.2) is 9.97 Å². The third kappa shape index (κ3) is 3.17. The maximum Gasteiger partial charge on any atom is 0.149 e. The molecule has 0 radical (unpaired) electrons. The van der Waals surface area contributed by atoms with E-state index in [2.05, 4.69) is 25.5 Å². The fourth-order valence-electron chi connectivity index (χ4n) is 1.55. The number of aromatic nitrogens is 4. The summed E-state index contributed by atoms with van der Waals surface area (Å²) in [5.41, 5.74) is 7.59. The van der Waals surface area contributed by atoms with Gasteiger partial charge < -0.3 is 11.1 Å². The van der Waals surface area contributed by atoms with Crippen molar-refractivity contribution in [3.05, 3.63) is 30.0 Å². The molecule has 2 rings (SSSR count). The van der Waals surface area contributed by atoms with Crippen molar-refractivity contribution in [2.45, 2.75) is 19.8 Å². The molecule has 0 aromatic carbocycles. The molecule has 0 aliphatic rings. The van der Waals surface area contributed by atoms with Crippen LogP contribution in [-0.4, -0.2) is 26.7 Å².